The Labute approximate surface area is 119 Å². The smallest absolute Gasteiger partial charge is 0.270 e. The molecule has 0 saturated heterocycles. The largest absolute Gasteiger partial charge is 0.496 e. The van der Waals surface area contributed by atoms with E-state index in [0.29, 0.717) is 5.82 Å². The number of carbonyl (C=O) groups is 1. The van der Waals surface area contributed by atoms with Crippen LogP contribution in [0.3, 0.4) is 0 Å². The molecule has 0 aliphatic carbocycles. The van der Waals surface area contributed by atoms with E-state index in [9.17, 15) is 14.9 Å². The van der Waals surface area contributed by atoms with E-state index in [0.717, 1.165) is 0 Å². The third-order valence-electron chi connectivity index (χ3n) is 2.82. The van der Waals surface area contributed by atoms with Crippen molar-refractivity contribution >= 4 is 11.6 Å². The standard InChI is InChI=1S/C12H13N5O4/c1-16(6-11-13-7-14-15-11)12(18)9-5-8(17(19)20)3-4-10(9)21-2/h3-5,7H,6H2,1-2H3,(H,13,14,15). The lowest BCUT2D eigenvalue weighted by Crippen LogP contribution is -2.27. The molecule has 0 atom stereocenters. The first kappa shape index (κ1) is 14.4. The Bertz CT molecular complexity index is 656. The number of non-ortho nitro benzene ring substituents is 1. The summed E-state index contributed by atoms with van der Waals surface area (Å²) in [5.74, 6) is 0.372. The molecule has 0 unspecified atom stereocenters. The number of H-pyrrole nitrogens is 1. The van der Waals surface area contributed by atoms with Gasteiger partial charge in [-0.25, -0.2) is 4.98 Å². The van der Waals surface area contributed by atoms with E-state index < -0.39 is 10.8 Å². The monoisotopic (exact) mass is 291 g/mol. The summed E-state index contributed by atoms with van der Waals surface area (Å²) in [4.78, 5) is 27.9. The van der Waals surface area contributed by atoms with Crippen LogP contribution in [-0.4, -0.2) is 45.1 Å². The molecular weight excluding hydrogens is 278 g/mol. The summed E-state index contributed by atoms with van der Waals surface area (Å²) < 4.78 is 5.08. The molecular formula is C12H13N5O4. The maximum Gasteiger partial charge on any atom is 0.270 e. The van der Waals surface area contributed by atoms with Crippen molar-refractivity contribution in [1.82, 2.24) is 20.1 Å². The molecule has 0 spiro atoms. The summed E-state index contributed by atoms with van der Waals surface area (Å²) in [6.45, 7) is 0.199. The second-order valence-electron chi connectivity index (χ2n) is 4.24. The van der Waals surface area contributed by atoms with Crippen molar-refractivity contribution in [2.75, 3.05) is 14.2 Å². The lowest BCUT2D eigenvalue weighted by atomic mass is 10.1. The van der Waals surface area contributed by atoms with Gasteiger partial charge in [-0.3, -0.25) is 20.0 Å². The van der Waals surface area contributed by atoms with Gasteiger partial charge in [0.2, 0.25) is 0 Å². The van der Waals surface area contributed by atoms with E-state index in [1.807, 2.05) is 0 Å². The molecule has 9 heteroatoms. The van der Waals surface area contributed by atoms with Gasteiger partial charge in [0.25, 0.3) is 11.6 Å². The van der Waals surface area contributed by atoms with Crippen molar-refractivity contribution in [3.05, 3.63) is 46.0 Å². The van der Waals surface area contributed by atoms with E-state index in [1.165, 1.54) is 36.5 Å². The SMILES string of the molecule is COc1ccc([N+](=O)[O-])cc1C(=O)N(C)Cc1ncn[nH]1. The first-order valence-electron chi connectivity index (χ1n) is 5.95. The van der Waals surface area contributed by atoms with Gasteiger partial charge in [0.05, 0.1) is 24.1 Å². The second kappa shape index (κ2) is 5.99. The molecule has 1 amide bonds. The number of hydrogen-bond acceptors (Lipinski definition) is 6. The zero-order valence-corrected chi connectivity index (χ0v) is 11.4. The van der Waals surface area contributed by atoms with Gasteiger partial charge in [0.15, 0.2) is 0 Å². The number of nitro benzene ring substituents is 1. The number of ether oxygens (including phenoxy) is 1. The highest BCUT2D eigenvalue weighted by Crippen LogP contribution is 2.25. The van der Waals surface area contributed by atoms with Gasteiger partial charge in [-0.1, -0.05) is 0 Å². The lowest BCUT2D eigenvalue weighted by molar-refractivity contribution is -0.384. The van der Waals surface area contributed by atoms with Crippen molar-refractivity contribution in [1.29, 1.82) is 0 Å². The van der Waals surface area contributed by atoms with Crippen LogP contribution in [-0.2, 0) is 6.54 Å². The van der Waals surface area contributed by atoms with Crippen molar-refractivity contribution in [2.24, 2.45) is 0 Å². The Morgan fingerprint density at radius 1 is 1.52 bits per heavy atom. The molecule has 1 N–H and O–H groups in total. The molecule has 2 aromatic rings. The van der Waals surface area contributed by atoms with E-state index in [2.05, 4.69) is 15.2 Å². The first-order chi connectivity index (χ1) is 10.0. The Balaban J connectivity index is 2.28. The number of nitrogens with one attached hydrogen (secondary N) is 1. The van der Waals surface area contributed by atoms with Crippen LogP contribution in [0.25, 0.3) is 0 Å². The highest BCUT2D eigenvalue weighted by molar-refractivity contribution is 5.97. The molecule has 110 valence electrons. The van der Waals surface area contributed by atoms with Crippen LogP contribution >= 0.6 is 0 Å². The molecule has 21 heavy (non-hydrogen) atoms. The summed E-state index contributed by atoms with van der Waals surface area (Å²) in [5.41, 5.74) is -0.0547. The molecule has 2 rings (SSSR count). The van der Waals surface area contributed by atoms with Gasteiger partial charge in [0, 0.05) is 19.2 Å². The molecule has 0 saturated carbocycles. The van der Waals surface area contributed by atoms with Crippen LogP contribution in [0.2, 0.25) is 0 Å². The van der Waals surface area contributed by atoms with Gasteiger partial charge < -0.3 is 9.64 Å². The van der Waals surface area contributed by atoms with Crippen LogP contribution in [0, 0.1) is 10.1 Å². The van der Waals surface area contributed by atoms with Crippen molar-refractivity contribution in [3.8, 4) is 5.75 Å². The summed E-state index contributed by atoms with van der Waals surface area (Å²) in [5, 5.41) is 17.1. The highest BCUT2D eigenvalue weighted by Gasteiger charge is 2.21. The van der Waals surface area contributed by atoms with Crippen LogP contribution in [0.5, 0.6) is 5.75 Å². The summed E-state index contributed by atoms with van der Waals surface area (Å²) in [6.07, 6.45) is 1.33. The van der Waals surface area contributed by atoms with Crippen LogP contribution in [0.4, 0.5) is 5.69 Å². The van der Waals surface area contributed by atoms with Crippen molar-refractivity contribution < 1.29 is 14.5 Å². The summed E-state index contributed by atoms with van der Waals surface area (Å²) in [6, 6.07) is 3.87. The number of rotatable bonds is 5. The summed E-state index contributed by atoms with van der Waals surface area (Å²) >= 11 is 0. The van der Waals surface area contributed by atoms with Gasteiger partial charge >= 0.3 is 0 Å². The zero-order valence-electron chi connectivity index (χ0n) is 11.4. The van der Waals surface area contributed by atoms with Gasteiger partial charge in [0.1, 0.15) is 17.9 Å². The number of nitrogens with zero attached hydrogens (tertiary/aromatic N) is 4. The number of carbonyl (C=O) groups excluding carboxylic acids is 1. The number of aromatic nitrogens is 3. The molecule has 0 aliphatic rings. The Morgan fingerprint density at radius 3 is 2.86 bits per heavy atom. The first-order valence-corrected chi connectivity index (χ1v) is 5.95. The second-order valence-corrected chi connectivity index (χ2v) is 4.24. The minimum Gasteiger partial charge on any atom is -0.496 e. The highest BCUT2D eigenvalue weighted by atomic mass is 16.6. The van der Waals surface area contributed by atoms with Crippen molar-refractivity contribution in [3.63, 3.8) is 0 Å². The number of amides is 1. The van der Waals surface area contributed by atoms with Gasteiger partial charge in [-0.2, -0.15) is 5.10 Å². The Hall–Kier alpha value is -2.97. The van der Waals surface area contributed by atoms with Crippen molar-refractivity contribution in [2.45, 2.75) is 6.54 Å². The normalized spacial score (nSPS) is 10.2. The average molecular weight is 291 g/mol. The van der Waals surface area contributed by atoms with Gasteiger partial charge in [-0.05, 0) is 6.07 Å². The number of methoxy groups -OCH3 is 1. The van der Waals surface area contributed by atoms with Gasteiger partial charge in [-0.15, -0.1) is 0 Å². The molecule has 1 aromatic heterocycles. The molecule has 1 heterocycles. The fourth-order valence-electron chi connectivity index (χ4n) is 1.79. The molecule has 9 nitrogen and oxygen atoms in total. The summed E-state index contributed by atoms with van der Waals surface area (Å²) in [7, 11) is 2.96. The number of benzene rings is 1. The topological polar surface area (TPSA) is 114 Å². The third-order valence-corrected chi connectivity index (χ3v) is 2.82. The maximum absolute atomic E-state index is 12.4. The molecule has 0 bridgehead atoms. The van der Waals surface area contributed by atoms with E-state index >= 15 is 0 Å². The number of hydrogen-bond donors (Lipinski definition) is 1. The minimum atomic E-state index is -0.563. The predicted octanol–water partition coefficient (Wildman–Crippen LogP) is 0.994. The molecule has 0 fully saturated rings. The fraction of sp³-hybridized carbons (Fsp3) is 0.250. The molecule has 0 aliphatic heterocycles. The maximum atomic E-state index is 12.4. The Kier molecular flexibility index (Phi) is 4.12. The predicted molar refractivity (Wildman–Crippen MR) is 71.8 cm³/mol. The van der Waals surface area contributed by atoms with Crippen LogP contribution < -0.4 is 4.74 Å². The third kappa shape index (κ3) is 3.14. The number of aromatic amines is 1. The van der Waals surface area contributed by atoms with Crippen LogP contribution in [0.15, 0.2) is 24.5 Å². The minimum absolute atomic E-state index is 0.119. The van der Waals surface area contributed by atoms with E-state index in [-0.39, 0.29) is 23.5 Å². The van der Waals surface area contributed by atoms with E-state index in [1.54, 1.807) is 7.05 Å². The van der Waals surface area contributed by atoms with E-state index in [4.69, 9.17) is 4.74 Å². The average Bonchev–Trinajstić information content (AvgIpc) is 2.98. The lowest BCUT2D eigenvalue weighted by Gasteiger charge is -2.17. The molecule has 1 aromatic carbocycles. The molecule has 0 radical (unpaired) electrons. The zero-order chi connectivity index (χ0) is 15.4. The fourth-order valence-corrected chi connectivity index (χ4v) is 1.79. The Morgan fingerprint density at radius 2 is 2.29 bits per heavy atom. The quantitative estimate of drug-likeness (QED) is 0.649. The number of nitro groups is 1. The van der Waals surface area contributed by atoms with Crippen LogP contribution in [0.1, 0.15) is 16.2 Å².